The van der Waals surface area contributed by atoms with Gasteiger partial charge in [0.15, 0.2) is 5.60 Å². The summed E-state index contributed by atoms with van der Waals surface area (Å²) in [5, 5.41) is 0. The summed E-state index contributed by atoms with van der Waals surface area (Å²) in [5.74, 6) is -0.348. The topological polar surface area (TPSA) is 68.7 Å². The number of carbonyl (C=O) groups excluding carboxylic acids is 2. The lowest BCUT2D eigenvalue weighted by Crippen LogP contribution is -2.47. The summed E-state index contributed by atoms with van der Waals surface area (Å²) in [5.41, 5.74) is -0.0578. The Labute approximate surface area is 143 Å². The van der Waals surface area contributed by atoms with Gasteiger partial charge in [0.2, 0.25) is 0 Å². The number of ether oxygens (including phenoxy) is 2. The van der Waals surface area contributed by atoms with Crippen molar-refractivity contribution in [2.45, 2.75) is 44.8 Å². The summed E-state index contributed by atoms with van der Waals surface area (Å²) < 4.78 is 11.8. The molecule has 23 heavy (non-hydrogen) atoms. The third-order valence-electron chi connectivity index (χ3n) is 4.02. The van der Waals surface area contributed by atoms with Gasteiger partial charge in [0, 0.05) is 36.6 Å². The van der Waals surface area contributed by atoms with E-state index in [9.17, 15) is 9.59 Å². The number of piperidine rings is 1. The van der Waals surface area contributed by atoms with Gasteiger partial charge in [-0.3, -0.25) is 4.98 Å². The molecule has 0 radical (unpaired) electrons. The predicted molar refractivity (Wildman–Crippen MR) is 86.1 cm³/mol. The number of halogens is 1. The molecular formula is C16H19BrN2O4. The molecule has 2 aliphatic heterocycles. The van der Waals surface area contributed by atoms with Crippen molar-refractivity contribution >= 4 is 28.0 Å². The van der Waals surface area contributed by atoms with Gasteiger partial charge in [-0.25, -0.2) is 9.59 Å². The van der Waals surface area contributed by atoms with E-state index in [0.717, 1.165) is 4.47 Å². The largest absolute Gasteiger partial charge is 0.449 e. The first-order chi connectivity index (χ1) is 10.7. The van der Waals surface area contributed by atoms with Crippen molar-refractivity contribution in [3.05, 3.63) is 28.0 Å². The number of pyridine rings is 1. The molecule has 0 atom stereocenters. The second-order valence-electron chi connectivity index (χ2n) is 6.90. The first-order valence-electron chi connectivity index (χ1n) is 7.57. The number of aromatic nitrogens is 1. The maximum atomic E-state index is 12.1. The smallest absolute Gasteiger partial charge is 0.410 e. The van der Waals surface area contributed by atoms with Crippen LogP contribution in [0.4, 0.5) is 4.79 Å². The van der Waals surface area contributed by atoms with Crippen molar-refractivity contribution in [1.29, 1.82) is 0 Å². The average molecular weight is 383 g/mol. The Morgan fingerprint density at radius 3 is 2.65 bits per heavy atom. The lowest BCUT2D eigenvalue weighted by Gasteiger charge is -2.38. The van der Waals surface area contributed by atoms with Crippen LogP contribution in [0.25, 0.3) is 0 Å². The number of likely N-dealkylation sites (tertiary alicyclic amines) is 1. The predicted octanol–water partition coefficient (Wildman–Crippen LogP) is 3.24. The van der Waals surface area contributed by atoms with Crippen molar-refractivity contribution in [3.8, 4) is 0 Å². The quantitative estimate of drug-likeness (QED) is 0.644. The van der Waals surface area contributed by atoms with Crippen LogP contribution >= 0.6 is 15.9 Å². The molecule has 6 nitrogen and oxygen atoms in total. The Hall–Kier alpha value is -1.63. The minimum absolute atomic E-state index is 0.333. The number of carbonyl (C=O) groups is 2. The fraction of sp³-hybridized carbons (Fsp3) is 0.562. The van der Waals surface area contributed by atoms with E-state index in [1.165, 1.54) is 0 Å². The van der Waals surface area contributed by atoms with E-state index in [1.807, 2.05) is 20.8 Å². The van der Waals surface area contributed by atoms with Crippen LogP contribution in [0.15, 0.2) is 16.7 Å². The Kier molecular flexibility index (Phi) is 3.86. The van der Waals surface area contributed by atoms with Crippen LogP contribution in [0.1, 0.15) is 49.7 Å². The zero-order chi connectivity index (χ0) is 16.8. The zero-order valence-corrected chi connectivity index (χ0v) is 15.0. The maximum absolute atomic E-state index is 12.1. The number of hydrogen-bond acceptors (Lipinski definition) is 5. The molecule has 1 aromatic heterocycles. The summed E-state index contributed by atoms with van der Waals surface area (Å²) in [6, 6.07) is 1.74. The first kappa shape index (κ1) is 16.2. The summed E-state index contributed by atoms with van der Waals surface area (Å²) in [6.45, 7) is 6.46. The number of rotatable bonds is 0. The minimum atomic E-state index is -0.717. The van der Waals surface area contributed by atoms with E-state index >= 15 is 0 Å². The number of fused-ring (bicyclic) bond motifs is 2. The third kappa shape index (κ3) is 3.06. The van der Waals surface area contributed by atoms with Crippen molar-refractivity contribution in [1.82, 2.24) is 9.88 Å². The zero-order valence-electron chi connectivity index (χ0n) is 13.4. The van der Waals surface area contributed by atoms with Crippen molar-refractivity contribution < 1.29 is 19.1 Å². The molecule has 1 fully saturated rings. The van der Waals surface area contributed by atoms with Gasteiger partial charge in [0.1, 0.15) is 5.60 Å². The summed E-state index contributed by atoms with van der Waals surface area (Å²) in [4.78, 5) is 30.3. The standard InChI is InChI=1S/C16H19BrN2O4/c1-15(2,3)23-14(21)19-6-4-16(5-7-19)12-11(13(20)22-16)8-10(17)9-18-12/h8-9H,4-7H2,1-3H3. The van der Waals surface area contributed by atoms with Crippen LogP contribution < -0.4 is 0 Å². The highest BCUT2D eigenvalue weighted by atomic mass is 79.9. The van der Waals surface area contributed by atoms with Crippen LogP contribution in [0.5, 0.6) is 0 Å². The third-order valence-corrected chi connectivity index (χ3v) is 4.45. The van der Waals surface area contributed by atoms with E-state index in [2.05, 4.69) is 20.9 Å². The van der Waals surface area contributed by atoms with Crippen LogP contribution in [0.2, 0.25) is 0 Å². The van der Waals surface area contributed by atoms with E-state index in [4.69, 9.17) is 9.47 Å². The molecule has 1 aromatic rings. The SMILES string of the molecule is CC(C)(C)OC(=O)N1CCC2(CC1)OC(=O)c1cc(Br)cnc12. The molecule has 1 amide bonds. The Morgan fingerprint density at radius 2 is 2.04 bits per heavy atom. The highest BCUT2D eigenvalue weighted by Crippen LogP contribution is 2.43. The molecule has 0 bridgehead atoms. The molecule has 3 rings (SSSR count). The first-order valence-corrected chi connectivity index (χ1v) is 8.37. The Bertz CT molecular complexity index is 661. The molecule has 0 aromatic carbocycles. The highest BCUT2D eigenvalue weighted by Gasteiger charge is 2.49. The Morgan fingerprint density at radius 1 is 1.39 bits per heavy atom. The van der Waals surface area contributed by atoms with Gasteiger partial charge >= 0.3 is 12.1 Å². The highest BCUT2D eigenvalue weighted by molar-refractivity contribution is 9.10. The second kappa shape index (κ2) is 5.47. The molecule has 7 heteroatoms. The summed E-state index contributed by atoms with van der Waals surface area (Å²) >= 11 is 3.32. The molecular weight excluding hydrogens is 364 g/mol. The van der Waals surface area contributed by atoms with E-state index in [1.54, 1.807) is 17.2 Å². The maximum Gasteiger partial charge on any atom is 0.410 e. The number of esters is 1. The number of amides is 1. The Balaban J connectivity index is 1.75. The molecule has 0 saturated carbocycles. The molecule has 1 saturated heterocycles. The van der Waals surface area contributed by atoms with Gasteiger partial charge in [-0.1, -0.05) is 0 Å². The van der Waals surface area contributed by atoms with Gasteiger partial charge in [-0.2, -0.15) is 0 Å². The van der Waals surface area contributed by atoms with Crippen molar-refractivity contribution in [2.24, 2.45) is 0 Å². The summed E-state index contributed by atoms with van der Waals surface area (Å²) in [7, 11) is 0. The van der Waals surface area contributed by atoms with Crippen molar-refractivity contribution in [3.63, 3.8) is 0 Å². The molecule has 0 aliphatic carbocycles. The van der Waals surface area contributed by atoms with Crippen LogP contribution in [-0.2, 0) is 15.1 Å². The van der Waals surface area contributed by atoms with Gasteiger partial charge in [0.05, 0.1) is 11.3 Å². The van der Waals surface area contributed by atoms with E-state index in [-0.39, 0.29) is 12.1 Å². The molecule has 124 valence electrons. The minimum Gasteiger partial charge on any atom is -0.449 e. The number of hydrogen-bond donors (Lipinski definition) is 0. The average Bonchev–Trinajstić information content (AvgIpc) is 2.70. The monoisotopic (exact) mass is 382 g/mol. The van der Waals surface area contributed by atoms with Gasteiger partial charge in [0.25, 0.3) is 0 Å². The van der Waals surface area contributed by atoms with Crippen LogP contribution in [-0.4, -0.2) is 40.6 Å². The molecule has 1 spiro atoms. The normalized spacial score (nSPS) is 19.5. The lowest BCUT2D eigenvalue weighted by atomic mass is 9.87. The van der Waals surface area contributed by atoms with Crippen molar-refractivity contribution in [2.75, 3.05) is 13.1 Å². The second-order valence-corrected chi connectivity index (χ2v) is 7.82. The van der Waals surface area contributed by atoms with E-state index in [0.29, 0.717) is 37.2 Å². The molecule has 0 unspecified atom stereocenters. The van der Waals surface area contributed by atoms with Gasteiger partial charge < -0.3 is 14.4 Å². The summed E-state index contributed by atoms with van der Waals surface area (Å²) in [6.07, 6.45) is 2.39. The molecule has 3 heterocycles. The van der Waals surface area contributed by atoms with Gasteiger partial charge in [-0.15, -0.1) is 0 Å². The molecule has 0 N–H and O–H groups in total. The molecule has 2 aliphatic rings. The fourth-order valence-electron chi connectivity index (χ4n) is 2.95. The number of nitrogens with zero attached hydrogens (tertiary/aromatic N) is 2. The van der Waals surface area contributed by atoms with Crippen LogP contribution in [0.3, 0.4) is 0 Å². The van der Waals surface area contributed by atoms with E-state index < -0.39 is 11.2 Å². The lowest BCUT2D eigenvalue weighted by molar-refractivity contribution is -0.0487. The van der Waals surface area contributed by atoms with Gasteiger partial charge in [-0.05, 0) is 42.8 Å². The van der Waals surface area contributed by atoms with Crippen LogP contribution in [0, 0.1) is 0 Å². The fourth-order valence-corrected chi connectivity index (χ4v) is 3.29.